The van der Waals surface area contributed by atoms with Gasteiger partial charge in [-0.3, -0.25) is 4.79 Å². The lowest BCUT2D eigenvalue weighted by Gasteiger charge is -2.11. The van der Waals surface area contributed by atoms with Gasteiger partial charge in [0.25, 0.3) is 5.91 Å². The van der Waals surface area contributed by atoms with E-state index in [4.69, 9.17) is 16.3 Å². The zero-order chi connectivity index (χ0) is 22.2. The molecule has 8 heteroatoms. The molecule has 0 radical (unpaired) electrons. The largest absolute Gasteiger partial charge is 0.487 e. The van der Waals surface area contributed by atoms with Crippen molar-refractivity contribution in [3.8, 4) is 5.75 Å². The second-order valence-electron chi connectivity index (χ2n) is 6.74. The van der Waals surface area contributed by atoms with Crippen LogP contribution >= 0.6 is 56.8 Å². The Morgan fingerprint density at radius 3 is 2.35 bits per heavy atom. The van der Waals surface area contributed by atoms with E-state index < -0.39 is 0 Å². The van der Waals surface area contributed by atoms with Crippen molar-refractivity contribution in [1.82, 2.24) is 5.43 Å². The number of hydrogen-bond acceptors (Lipinski definition) is 4. The maximum absolute atomic E-state index is 12.0. The van der Waals surface area contributed by atoms with Gasteiger partial charge < -0.3 is 10.1 Å². The molecule has 0 atom stereocenters. The zero-order valence-electron chi connectivity index (χ0n) is 16.7. The first-order valence-electron chi connectivity index (χ1n) is 9.39. The van der Waals surface area contributed by atoms with Crippen molar-refractivity contribution >= 4 is 74.6 Å². The Labute approximate surface area is 213 Å². The molecule has 0 aromatic heterocycles. The Morgan fingerprint density at radius 2 is 1.71 bits per heavy atom. The number of nitrogens with one attached hydrogen (secondary N) is 2. The lowest BCUT2D eigenvalue weighted by Crippen LogP contribution is -2.25. The minimum Gasteiger partial charge on any atom is -0.487 e. The number of carbonyl (C=O) groups is 1. The van der Waals surface area contributed by atoms with Crippen molar-refractivity contribution in [1.29, 1.82) is 0 Å². The van der Waals surface area contributed by atoms with Crippen LogP contribution < -0.4 is 15.5 Å². The summed E-state index contributed by atoms with van der Waals surface area (Å²) < 4.78 is 7.92. The molecule has 0 aliphatic rings. The summed E-state index contributed by atoms with van der Waals surface area (Å²) in [5.74, 6) is 0.601. The Hall–Kier alpha value is -1.85. The molecule has 0 spiro atoms. The van der Waals surface area contributed by atoms with E-state index in [0.29, 0.717) is 11.6 Å². The number of rotatable bonds is 8. The van der Waals surface area contributed by atoms with Crippen molar-refractivity contribution in [2.45, 2.75) is 13.5 Å². The van der Waals surface area contributed by atoms with Crippen LogP contribution in [0.2, 0.25) is 5.02 Å². The molecular formula is C23H20ClI2N3O2. The molecule has 3 aromatic rings. The van der Waals surface area contributed by atoms with Crippen LogP contribution in [-0.4, -0.2) is 18.7 Å². The summed E-state index contributed by atoms with van der Waals surface area (Å²) in [6, 6.07) is 19.4. The monoisotopic (exact) mass is 659 g/mol. The third kappa shape index (κ3) is 7.65. The maximum Gasteiger partial charge on any atom is 0.259 e. The molecule has 1 amide bonds. The number of aryl methyl sites for hydroxylation is 1. The summed E-state index contributed by atoms with van der Waals surface area (Å²) in [5, 5.41) is 7.82. The van der Waals surface area contributed by atoms with E-state index >= 15 is 0 Å². The standard InChI is InChI=1S/C23H20ClI2N3O2/c1-15-2-8-19(9-3-15)27-13-22(30)29-28-12-17-10-20(25)23(21(26)11-17)31-14-16-4-6-18(24)7-5-16/h2-12,27H,13-14H2,1H3,(H,29,30)/b28-12-. The molecule has 3 rings (SSSR count). The summed E-state index contributed by atoms with van der Waals surface area (Å²) in [7, 11) is 0. The highest BCUT2D eigenvalue weighted by Crippen LogP contribution is 2.29. The number of carbonyl (C=O) groups excluding carboxylic acids is 1. The summed E-state index contributed by atoms with van der Waals surface area (Å²) >= 11 is 10.4. The molecule has 0 aliphatic heterocycles. The number of hydrazone groups is 1. The van der Waals surface area contributed by atoms with E-state index in [9.17, 15) is 4.79 Å². The zero-order valence-corrected chi connectivity index (χ0v) is 21.7. The molecular weight excluding hydrogens is 640 g/mol. The van der Waals surface area contributed by atoms with Crippen molar-refractivity contribution in [2.75, 3.05) is 11.9 Å². The van der Waals surface area contributed by atoms with Crippen molar-refractivity contribution < 1.29 is 9.53 Å². The normalized spacial score (nSPS) is 10.8. The molecule has 0 aliphatic carbocycles. The van der Waals surface area contributed by atoms with Crippen LogP contribution in [-0.2, 0) is 11.4 Å². The fraction of sp³-hybridized carbons (Fsp3) is 0.130. The maximum atomic E-state index is 12.0. The van der Waals surface area contributed by atoms with Crippen LogP contribution in [0.4, 0.5) is 5.69 Å². The SMILES string of the molecule is Cc1ccc(NCC(=O)N/N=C\c2cc(I)c(OCc3ccc(Cl)cc3)c(I)c2)cc1. The molecule has 0 bridgehead atoms. The third-order valence-corrected chi connectivity index (χ3v) is 6.08. The number of nitrogens with zero attached hydrogens (tertiary/aromatic N) is 1. The van der Waals surface area contributed by atoms with Crippen molar-refractivity contribution in [3.05, 3.63) is 89.5 Å². The fourth-order valence-electron chi connectivity index (χ4n) is 2.60. The van der Waals surface area contributed by atoms with Gasteiger partial charge in [-0.2, -0.15) is 5.10 Å². The molecule has 0 saturated heterocycles. The van der Waals surface area contributed by atoms with Gasteiger partial charge in [-0.25, -0.2) is 5.43 Å². The lowest BCUT2D eigenvalue weighted by atomic mass is 10.2. The topological polar surface area (TPSA) is 62.7 Å². The molecule has 3 aromatic carbocycles. The van der Waals surface area contributed by atoms with E-state index in [1.807, 2.05) is 67.6 Å². The van der Waals surface area contributed by atoms with Crippen molar-refractivity contribution in [2.24, 2.45) is 5.10 Å². The second-order valence-corrected chi connectivity index (χ2v) is 9.50. The Bertz CT molecular complexity index is 1050. The lowest BCUT2D eigenvalue weighted by molar-refractivity contribution is -0.119. The van der Waals surface area contributed by atoms with E-state index in [1.54, 1.807) is 6.21 Å². The minimum absolute atomic E-state index is 0.146. The number of hydrogen-bond donors (Lipinski definition) is 2. The highest BCUT2D eigenvalue weighted by molar-refractivity contribution is 14.1. The van der Waals surface area contributed by atoms with Gasteiger partial charge in [0.15, 0.2) is 0 Å². The summed E-state index contributed by atoms with van der Waals surface area (Å²) in [4.78, 5) is 12.0. The molecule has 0 unspecified atom stereocenters. The van der Waals surface area contributed by atoms with Crippen LogP contribution in [0.1, 0.15) is 16.7 Å². The average molecular weight is 660 g/mol. The highest BCUT2D eigenvalue weighted by atomic mass is 127. The van der Waals surface area contributed by atoms with E-state index in [2.05, 4.69) is 61.0 Å². The van der Waals surface area contributed by atoms with Gasteiger partial charge >= 0.3 is 0 Å². The van der Waals surface area contributed by atoms with Gasteiger partial charge in [0.1, 0.15) is 12.4 Å². The predicted octanol–water partition coefficient (Wildman–Crippen LogP) is 6.00. The quantitative estimate of drug-likeness (QED) is 0.177. The van der Waals surface area contributed by atoms with Crippen LogP contribution in [0.3, 0.4) is 0 Å². The van der Waals surface area contributed by atoms with E-state index in [-0.39, 0.29) is 12.5 Å². The molecule has 160 valence electrons. The fourth-order valence-corrected chi connectivity index (χ4v) is 4.85. The first kappa shape index (κ1) is 23.8. The highest BCUT2D eigenvalue weighted by Gasteiger charge is 2.09. The van der Waals surface area contributed by atoms with Gasteiger partial charge in [0.05, 0.1) is 19.9 Å². The molecule has 2 N–H and O–H groups in total. The van der Waals surface area contributed by atoms with Gasteiger partial charge in [-0.15, -0.1) is 0 Å². The van der Waals surface area contributed by atoms with Gasteiger partial charge in [-0.1, -0.05) is 41.4 Å². The number of halogens is 3. The smallest absolute Gasteiger partial charge is 0.259 e. The predicted molar refractivity (Wildman–Crippen MR) is 143 cm³/mol. The van der Waals surface area contributed by atoms with E-state index in [0.717, 1.165) is 29.7 Å². The Balaban J connectivity index is 1.52. The molecule has 31 heavy (non-hydrogen) atoms. The summed E-state index contributed by atoms with van der Waals surface area (Å²) in [5.41, 5.74) is 6.52. The molecule has 0 heterocycles. The Morgan fingerprint density at radius 1 is 1.06 bits per heavy atom. The van der Waals surface area contributed by atoms with E-state index in [1.165, 1.54) is 5.56 Å². The van der Waals surface area contributed by atoms with Gasteiger partial charge in [-0.05, 0) is 99.6 Å². The van der Waals surface area contributed by atoms with Crippen LogP contribution in [0.25, 0.3) is 0 Å². The second kappa shape index (κ2) is 11.7. The first-order valence-corrected chi connectivity index (χ1v) is 11.9. The van der Waals surface area contributed by atoms with Crippen LogP contribution in [0, 0.1) is 14.1 Å². The number of anilines is 1. The first-order chi connectivity index (χ1) is 14.9. The summed E-state index contributed by atoms with van der Waals surface area (Å²) in [6.45, 7) is 2.62. The van der Waals surface area contributed by atoms with Gasteiger partial charge in [0.2, 0.25) is 0 Å². The van der Waals surface area contributed by atoms with Gasteiger partial charge in [0, 0.05) is 10.7 Å². The third-order valence-electron chi connectivity index (χ3n) is 4.22. The van der Waals surface area contributed by atoms with Crippen LogP contribution in [0.15, 0.2) is 65.8 Å². The molecule has 5 nitrogen and oxygen atoms in total. The average Bonchev–Trinajstić information content (AvgIpc) is 2.74. The number of ether oxygens (including phenoxy) is 1. The molecule has 0 fully saturated rings. The number of benzene rings is 3. The van der Waals surface area contributed by atoms with Crippen LogP contribution in [0.5, 0.6) is 5.75 Å². The van der Waals surface area contributed by atoms with Crippen molar-refractivity contribution in [3.63, 3.8) is 0 Å². The number of amides is 1. The Kier molecular flexibility index (Phi) is 8.97. The summed E-state index contributed by atoms with van der Waals surface area (Å²) in [6.07, 6.45) is 1.62. The minimum atomic E-state index is -0.218. The molecule has 0 saturated carbocycles.